The maximum atomic E-state index is 13.0. The number of hydrogen-bond acceptors (Lipinski definition) is 7. The van der Waals surface area contributed by atoms with Crippen LogP contribution in [0.5, 0.6) is 5.75 Å². The van der Waals surface area contributed by atoms with Gasteiger partial charge in [0.25, 0.3) is 5.91 Å². The molecular weight excluding hydrogens is 378 g/mol. The van der Waals surface area contributed by atoms with Gasteiger partial charge in [-0.25, -0.2) is 0 Å². The lowest BCUT2D eigenvalue weighted by molar-refractivity contribution is -0.229. The summed E-state index contributed by atoms with van der Waals surface area (Å²) in [5.74, 6) is -1.24. The third kappa shape index (κ3) is 4.27. The van der Waals surface area contributed by atoms with Gasteiger partial charge in [-0.2, -0.15) is 0 Å². The van der Waals surface area contributed by atoms with Gasteiger partial charge in [0.15, 0.2) is 24.0 Å². The average Bonchev–Trinajstić information content (AvgIpc) is 3.14. The number of amides is 1. The van der Waals surface area contributed by atoms with Crippen molar-refractivity contribution in [3.8, 4) is 5.75 Å². The Morgan fingerprint density at radius 1 is 0.966 bits per heavy atom. The number of rotatable bonds is 5. The number of anilines is 1. The van der Waals surface area contributed by atoms with Crippen LogP contribution in [0.2, 0.25) is 0 Å². The fraction of sp³-hybridized carbons (Fsp3) is 0.667. The number of carbonyl (C=O) groups is 1. The molecule has 0 spiro atoms. The van der Waals surface area contributed by atoms with Crippen LogP contribution in [0.25, 0.3) is 0 Å². The van der Waals surface area contributed by atoms with E-state index in [1.807, 2.05) is 46.8 Å². The Bertz CT molecular complexity index is 748. The van der Waals surface area contributed by atoms with Crippen LogP contribution < -0.4 is 10.1 Å². The molecule has 3 aliphatic rings. The van der Waals surface area contributed by atoms with E-state index in [9.17, 15) is 4.79 Å². The van der Waals surface area contributed by atoms with Crippen LogP contribution in [0.4, 0.5) is 5.69 Å². The molecule has 0 radical (unpaired) electrons. The van der Waals surface area contributed by atoms with Crippen LogP contribution in [0, 0.1) is 0 Å². The van der Waals surface area contributed by atoms with Gasteiger partial charge in [-0.1, -0.05) is 6.92 Å². The van der Waals surface area contributed by atoms with Crippen LogP contribution in [-0.2, 0) is 28.5 Å². The van der Waals surface area contributed by atoms with Gasteiger partial charge in [0, 0.05) is 5.69 Å². The van der Waals surface area contributed by atoms with Gasteiger partial charge in [0.1, 0.15) is 24.1 Å². The molecule has 4 rings (SSSR count). The summed E-state index contributed by atoms with van der Waals surface area (Å²) < 4.78 is 35.4. The molecule has 0 aromatic heterocycles. The second kappa shape index (κ2) is 7.52. The maximum absolute atomic E-state index is 13.0. The van der Waals surface area contributed by atoms with Gasteiger partial charge < -0.3 is 33.7 Å². The molecule has 8 nitrogen and oxygen atoms in total. The minimum Gasteiger partial charge on any atom is -0.494 e. The van der Waals surface area contributed by atoms with Crippen molar-refractivity contribution < 1.29 is 33.2 Å². The predicted molar refractivity (Wildman–Crippen MR) is 103 cm³/mol. The predicted octanol–water partition coefficient (Wildman–Crippen LogP) is 2.81. The van der Waals surface area contributed by atoms with E-state index in [-0.39, 0.29) is 5.91 Å². The molecule has 3 fully saturated rings. The van der Waals surface area contributed by atoms with Crippen molar-refractivity contribution in [2.24, 2.45) is 0 Å². The van der Waals surface area contributed by atoms with Gasteiger partial charge >= 0.3 is 0 Å². The van der Waals surface area contributed by atoms with Crippen molar-refractivity contribution in [3.63, 3.8) is 0 Å². The lowest BCUT2D eigenvalue weighted by atomic mass is 9.98. The van der Waals surface area contributed by atoms with E-state index in [1.54, 1.807) is 12.1 Å². The molecule has 8 heteroatoms. The topological polar surface area (TPSA) is 84.5 Å². The van der Waals surface area contributed by atoms with Gasteiger partial charge in [-0.15, -0.1) is 0 Å². The largest absolute Gasteiger partial charge is 0.494 e. The number of fused-ring (bicyclic) bond motifs is 3. The van der Waals surface area contributed by atoms with E-state index in [2.05, 4.69) is 5.32 Å². The van der Waals surface area contributed by atoms with Gasteiger partial charge in [-0.05, 0) is 58.4 Å². The Balaban J connectivity index is 1.49. The first-order valence-corrected chi connectivity index (χ1v) is 10.1. The maximum Gasteiger partial charge on any atom is 0.256 e. The monoisotopic (exact) mass is 407 g/mol. The molecule has 160 valence electrons. The molecule has 0 unspecified atom stereocenters. The van der Waals surface area contributed by atoms with E-state index in [1.165, 1.54) is 0 Å². The summed E-state index contributed by atoms with van der Waals surface area (Å²) in [5, 5.41) is 2.88. The van der Waals surface area contributed by atoms with Crippen molar-refractivity contribution in [1.29, 1.82) is 0 Å². The zero-order valence-corrected chi connectivity index (χ0v) is 17.5. The Kier molecular flexibility index (Phi) is 5.33. The van der Waals surface area contributed by atoms with Gasteiger partial charge in [0.05, 0.1) is 6.61 Å². The number of benzene rings is 1. The number of nitrogens with one attached hydrogen (secondary N) is 1. The SMILES string of the molecule is CCCOc1ccc(NC(=O)[C@@H]2O[C@@H]3OC(C)(C)O[C@@H]3[C@H]3OC(C)(C)O[C@@H]32)cc1. The third-order valence-corrected chi connectivity index (χ3v) is 5.01. The molecule has 1 N–H and O–H groups in total. The molecule has 0 bridgehead atoms. The average molecular weight is 407 g/mol. The third-order valence-electron chi connectivity index (χ3n) is 5.01. The summed E-state index contributed by atoms with van der Waals surface area (Å²) in [6.45, 7) is 9.94. The molecule has 1 aromatic carbocycles. The van der Waals surface area contributed by atoms with Crippen LogP contribution in [0.15, 0.2) is 24.3 Å². The number of hydrogen-bond donors (Lipinski definition) is 1. The summed E-state index contributed by atoms with van der Waals surface area (Å²) in [6.07, 6.45) is -2.19. The molecule has 3 heterocycles. The molecule has 3 aliphatic heterocycles. The summed E-state index contributed by atoms with van der Waals surface area (Å²) >= 11 is 0. The van der Waals surface area contributed by atoms with E-state index in [0.717, 1.165) is 12.2 Å². The Labute approximate surface area is 170 Å². The lowest BCUT2D eigenvalue weighted by Crippen LogP contribution is -2.58. The highest BCUT2D eigenvalue weighted by Crippen LogP contribution is 2.44. The quantitative estimate of drug-likeness (QED) is 0.803. The molecular formula is C21H29NO7. The minimum atomic E-state index is -0.892. The molecule has 1 aromatic rings. The first-order valence-electron chi connectivity index (χ1n) is 10.1. The van der Waals surface area contributed by atoms with Gasteiger partial charge in [0.2, 0.25) is 0 Å². The lowest BCUT2D eigenvalue weighted by Gasteiger charge is -2.36. The summed E-state index contributed by atoms with van der Waals surface area (Å²) in [5.41, 5.74) is 0.642. The molecule has 0 saturated carbocycles. The second-order valence-electron chi connectivity index (χ2n) is 8.45. The Morgan fingerprint density at radius 2 is 1.59 bits per heavy atom. The van der Waals surface area contributed by atoms with Gasteiger partial charge in [-0.3, -0.25) is 4.79 Å². The van der Waals surface area contributed by atoms with E-state index >= 15 is 0 Å². The Morgan fingerprint density at radius 3 is 2.28 bits per heavy atom. The normalized spacial score (nSPS) is 34.3. The first kappa shape index (κ1) is 20.6. The van der Waals surface area contributed by atoms with Crippen LogP contribution in [0.1, 0.15) is 41.0 Å². The highest BCUT2D eigenvalue weighted by Gasteiger charge is 2.62. The molecule has 1 amide bonds. The summed E-state index contributed by atoms with van der Waals surface area (Å²) in [7, 11) is 0. The fourth-order valence-electron chi connectivity index (χ4n) is 3.89. The molecule has 0 aliphatic carbocycles. The van der Waals surface area contributed by atoms with E-state index in [4.69, 9.17) is 28.4 Å². The summed E-state index contributed by atoms with van der Waals surface area (Å²) in [6, 6.07) is 7.22. The molecule has 3 saturated heterocycles. The van der Waals surface area contributed by atoms with Crippen molar-refractivity contribution in [2.75, 3.05) is 11.9 Å². The highest BCUT2D eigenvalue weighted by atomic mass is 16.9. The van der Waals surface area contributed by atoms with Crippen molar-refractivity contribution in [2.45, 2.75) is 83.3 Å². The van der Waals surface area contributed by atoms with Crippen molar-refractivity contribution in [1.82, 2.24) is 0 Å². The van der Waals surface area contributed by atoms with Crippen LogP contribution in [0.3, 0.4) is 0 Å². The highest BCUT2D eigenvalue weighted by molar-refractivity contribution is 5.94. The minimum absolute atomic E-state index is 0.324. The van der Waals surface area contributed by atoms with Crippen molar-refractivity contribution >= 4 is 11.6 Å². The van der Waals surface area contributed by atoms with Crippen molar-refractivity contribution in [3.05, 3.63) is 24.3 Å². The number of ether oxygens (including phenoxy) is 6. The number of carbonyl (C=O) groups excluding carboxylic acids is 1. The van der Waals surface area contributed by atoms with Crippen LogP contribution in [-0.4, -0.2) is 54.8 Å². The van der Waals surface area contributed by atoms with Crippen LogP contribution >= 0.6 is 0 Å². The zero-order chi connectivity index (χ0) is 20.8. The second-order valence-corrected chi connectivity index (χ2v) is 8.45. The Hall–Kier alpha value is -1.71. The van der Waals surface area contributed by atoms with E-state index in [0.29, 0.717) is 12.3 Å². The first-order chi connectivity index (χ1) is 13.7. The fourth-order valence-corrected chi connectivity index (χ4v) is 3.89. The zero-order valence-electron chi connectivity index (χ0n) is 17.5. The molecule has 29 heavy (non-hydrogen) atoms. The smallest absolute Gasteiger partial charge is 0.256 e. The standard InChI is InChI=1S/C21H29NO7/c1-6-11-24-13-9-7-12(8-10-13)22-18(23)16-14-15(27-20(2,3)26-14)17-19(25-16)29-21(4,5)28-17/h7-10,14-17,19H,6,11H2,1-5H3,(H,22,23)/t14-,15-,16+,17+,19+/m0/s1. The summed E-state index contributed by atoms with van der Waals surface area (Å²) in [4.78, 5) is 13.0. The van der Waals surface area contributed by atoms with E-state index < -0.39 is 42.3 Å². The molecule has 5 atom stereocenters.